The van der Waals surface area contributed by atoms with E-state index in [9.17, 15) is 0 Å². The summed E-state index contributed by atoms with van der Waals surface area (Å²) in [6.07, 6.45) is 0.306. The molecule has 4 heteroatoms. The lowest BCUT2D eigenvalue weighted by molar-refractivity contribution is -0.0363. The highest BCUT2D eigenvalue weighted by Gasteiger charge is 2.19. The second kappa shape index (κ2) is 6.35. The fourth-order valence-corrected chi connectivity index (χ4v) is 1.79. The van der Waals surface area contributed by atoms with E-state index in [0.29, 0.717) is 6.10 Å². The zero-order valence-electron chi connectivity index (χ0n) is 9.28. The maximum atomic E-state index is 8.86. The standard InChI is InChI=1S/C10H22N2O2/c1-3-12(4-6-13)9-10-8-11(2)5-7-14-10/h10,13H,3-9H2,1-2H3. The molecule has 0 spiro atoms. The van der Waals surface area contributed by atoms with Crippen LogP contribution in [-0.2, 0) is 4.74 Å². The number of aliphatic hydroxyl groups is 1. The van der Waals surface area contributed by atoms with Crippen LogP contribution in [0.1, 0.15) is 6.92 Å². The molecular formula is C10H22N2O2. The molecule has 0 amide bonds. The molecule has 1 N–H and O–H groups in total. The van der Waals surface area contributed by atoms with Gasteiger partial charge in [0.25, 0.3) is 0 Å². The van der Waals surface area contributed by atoms with Crippen LogP contribution in [0.3, 0.4) is 0 Å². The number of hydrogen-bond acceptors (Lipinski definition) is 4. The fourth-order valence-electron chi connectivity index (χ4n) is 1.79. The maximum Gasteiger partial charge on any atom is 0.0829 e. The molecule has 4 nitrogen and oxygen atoms in total. The largest absolute Gasteiger partial charge is 0.395 e. The van der Waals surface area contributed by atoms with Crippen molar-refractivity contribution < 1.29 is 9.84 Å². The Hall–Kier alpha value is -0.160. The number of nitrogens with zero attached hydrogens (tertiary/aromatic N) is 2. The van der Waals surface area contributed by atoms with Gasteiger partial charge in [0, 0.05) is 26.2 Å². The zero-order chi connectivity index (χ0) is 10.4. The van der Waals surface area contributed by atoms with Crippen molar-refractivity contribution in [3.63, 3.8) is 0 Å². The molecule has 1 atom stereocenters. The van der Waals surface area contributed by atoms with Crippen molar-refractivity contribution in [2.45, 2.75) is 13.0 Å². The number of rotatable bonds is 5. The monoisotopic (exact) mass is 202 g/mol. The summed E-state index contributed by atoms with van der Waals surface area (Å²) in [6, 6.07) is 0. The minimum Gasteiger partial charge on any atom is -0.395 e. The van der Waals surface area contributed by atoms with Crippen molar-refractivity contribution in [1.82, 2.24) is 9.80 Å². The summed E-state index contributed by atoms with van der Waals surface area (Å²) < 4.78 is 5.66. The lowest BCUT2D eigenvalue weighted by Gasteiger charge is -2.33. The molecule has 0 radical (unpaired) electrons. The van der Waals surface area contributed by atoms with E-state index >= 15 is 0 Å². The van der Waals surface area contributed by atoms with E-state index < -0.39 is 0 Å². The Kier molecular flexibility index (Phi) is 5.40. The van der Waals surface area contributed by atoms with Gasteiger partial charge < -0.3 is 14.7 Å². The predicted molar refractivity (Wildman–Crippen MR) is 56.4 cm³/mol. The average Bonchev–Trinajstić information content (AvgIpc) is 2.17. The minimum atomic E-state index is 0.233. The number of morpholine rings is 1. The van der Waals surface area contributed by atoms with Crippen LogP contribution in [0.5, 0.6) is 0 Å². The minimum absolute atomic E-state index is 0.233. The summed E-state index contributed by atoms with van der Waals surface area (Å²) in [4.78, 5) is 4.52. The lowest BCUT2D eigenvalue weighted by Crippen LogP contribution is -2.46. The molecule has 14 heavy (non-hydrogen) atoms. The van der Waals surface area contributed by atoms with Crippen LogP contribution in [0.15, 0.2) is 0 Å². The van der Waals surface area contributed by atoms with Crippen molar-refractivity contribution in [3.05, 3.63) is 0 Å². The van der Waals surface area contributed by atoms with Crippen LogP contribution in [0.2, 0.25) is 0 Å². The summed E-state index contributed by atoms with van der Waals surface area (Å²) in [5.74, 6) is 0. The molecule has 1 unspecified atom stereocenters. The topological polar surface area (TPSA) is 35.9 Å². The van der Waals surface area contributed by atoms with Crippen LogP contribution in [0, 0.1) is 0 Å². The molecule has 1 rings (SSSR count). The van der Waals surface area contributed by atoms with E-state index in [1.54, 1.807) is 0 Å². The zero-order valence-corrected chi connectivity index (χ0v) is 9.28. The van der Waals surface area contributed by atoms with Gasteiger partial charge in [0.15, 0.2) is 0 Å². The van der Waals surface area contributed by atoms with Gasteiger partial charge in [-0.2, -0.15) is 0 Å². The highest BCUT2D eigenvalue weighted by atomic mass is 16.5. The Morgan fingerprint density at radius 2 is 2.36 bits per heavy atom. The Bertz CT molecular complexity index is 155. The lowest BCUT2D eigenvalue weighted by atomic mass is 10.2. The normalized spacial score (nSPS) is 24.4. The number of aliphatic hydroxyl groups excluding tert-OH is 1. The molecule has 1 heterocycles. The number of ether oxygens (including phenoxy) is 1. The van der Waals surface area contributed by atoms with E-state index in [1.807, 2.05) is 0 Å². The van der Waals surface area contributed by atoms with E-state index in [1.165, 1.54) is 0 Å². The summed E-state index contributed by atoms with van der Waals surface area (Å²) >= 11 is 0. The molecular weight excluding hydrogens is 180 g/mol. The molecule has 0 aromatic heterocycles. The van der Waals surface area contributed by atoms with E-state index in [0.717, 1.165) is 39.3 Å². The van der Waals surface area contributed by atoms with Crippen LogP contribution < -0.4 is 0 Å². The average molecular weight is 202 g/mol. The van der Waals surface area contributed by atoms with Gasteiger partial charge in [0.05, 0.1) is 19.3 Å². The number of likely N-dealkylation sites (N-methyl/N-ethyl adjacent to an activating group) is 2. The summed E-state index contributed by atoms with van der Waals surface area (Å²) in [5, 5.41) is 8.86. The van der Waals surface area contributed by atoms with Crippen molar-refractivity contribution in [2.24, 2.45) is 0 Å². The second-order valence-electron chi connectivity index (χ2n) is 3.87. The SMILES string of the molecule is CCN(CCO)CC1CN(C)CCO1. The van der Waals surface area contributed by atoms with Crippen LogP contribution in [0.25, 0.3) is 0 Å². The van der Waals surface area contributed by atoms with Crippen molar-refractivity contribution in [3.8, 4) is 0 Å². The summed E-state index contributed by atoms with van der Waals surface area (Å²) in [6.45, 7) is 7.87. The van der Waals surface area contributed by atoms with Crippen LogP contribution >= 0.6 is 0 Å². The smallest absolute Gasteiger partial charge is 0.0829 e. The first-order chi connectivity index (χ1) is 6.76. The second-order valence-corrected chi connectivity index (χ2v) is 3.87. The van der Waals surface area contributed by atoms with Gasteiger partial charge in [0.2, 0.25) is 0 Å². The Morgan fingerprint density at radius 3 is 2.93 bits per heavy atom. The van der Waals surface area contributed by atoms with Crippen molar-refractivity contribution >= 4 is 0 Å². The van der Waals surface area contributed by atoms with Gasteiger partial charge in [-0.25, -0.2) is 0 Å². The quantitative estimate of drug-likeness (QED) is 0.660. The Labute approximate surface area is 86.4 Å². The molecule has 1 aliphatic rings. The van der Waals surface area contributed by atoms with E-state index in [2.05, 4.69) is 23.8 Å². The highest BCUT2D eigenvalue weighted by molar-refractivity contribution is 4.72. The molecule has 0 aromatic carbocycles. The molecule has 0 saturated carbocycles. The number of hydrogen-bond donors (Lipinski definition) is 1. The first-order valence-electron chi connectivity index (χ1n) is 5.39. The molecule has 1 saturated heterocycles. The van der Waals surface area contributed by atoms with Gasteiger partial charge in [-0.15, -0.1) is 0 Å². The molecule has 0 aliphatic carbocycles. The molecule has 0 bridgehead atoms. The Morgan fingerprint density at radius 1 is 1.57 bits per heavy atom. The van der Waals surface area contributed by atoms with Gasteiger partial charge in [0.1, 0.15) is 0 Å². The molecule has 84 valence electrons. The van der Waals surface area contributed by atoms with Crippen LogP contribution in [-0.4, -0.2) is 74.0 Å². The summed E-state index contributed by atoms with van der Waals surface area (Å²) in [5.41, 5.74) is 0. The maximum absolute atomic E-state index is 8.86. The van der Waals surface area contributed by atoms with Gasteiger partial charge >= 0.3 is 0 Å². The van der Waals surface area contributed by atoms with Gasteiger partial charge in [-0.05, 0) is 13.6 Å². The molecule has 1 aliphatic heterocycles. The van der Waals surface area contributed by atoms with Gasteiger partial charge in [-0.1, -0.05) is 6.92 Å². The summed E-state index contributed by atoms with van der Waals surface area (Å²) in [7, 11) is 2.12. The van der Waals surface area contributed by atoms with E-state index in [4.69, 9.17) is 9.84 Å². The van der Waals surface area contributed by atoms with Crippen LogP contribution in [0.4, 0.5) is 0 Å². The van der Waals surface area contributed by atoms with Crippen molar-refractivity contribution in [1.29, 1.82) is 0 Å². The molecule has 1 fully saturated rings. The third kappa shape index (κ3) is 3.92. The van der Waals surface area contributed by atoms with E-state index in [-0.39, 0.29) is 6.61 Å². The first kappa shape index (κ1) is 11.9. The third-order valence-corrected chi connectivity index (χ3v) is 2.67. The molecule has 0 aromatic rings. The van der Waals surface area contributed by atoms with Gasteiger partial charge in [-0.3, -0.25) is 4.90 Å². The van der Waals surface area contributed by atoms with Crippen molar-refractivity contribution in [2.75, 3.05) is 53.0 Å². The Balaban J connectivity index is 2.26. The predicted octanol–water partition coefficient (Wildman–Crippen LogP) is -0.369. The fraction of sp³-hybridized carbons (Fsp3) is 1.00. The highest BCUT2D eigenvalue weighted by Crippen LogP contribution is 2.04. The third-order valence-electron chi connectivity index (χ3n) is 2.67. The first-order valence-corrected chi connectivity index (χ1v) is 5.39.